The van der Waals surface area contributed by atoms with Crippen LogP contribution in [0.25, 0.3) is 22.9 Å². The lowest BCUT2D eigenvalue weighted by molar-refractivity contribution is 0.0943. The Labute approximate surface area is 413 Å². The normalized spacial score (nSPS) is 14.7. The minimum absolute atomic E-state index is 0. The molecule has 18 heteroatoms. The van der Waals surface area contributed by atoms with Gasteiger partial charge in [-0.3, -0.25) is 19.6 Å². The molecule has 2 saturated heterocycles. The van der Waals surface area contributed by atoms with Crippen molar-refractivity contribution in [1.29, 1.82) is 0 Å². The maximum atomic E-state index is 13.1. The van der Waals surface area contributed by atoms with Crippen LogP contribution in [0.4, 0.5) is 0 Å². The number of nitrogens with zero attached hydrogens (tertiary/aromatic N) is 5. The first-order valence-electron chi connectivity index (χ1n) is 23.0. The Morgan fingerprint density at radius 1 is 0.657 bits per heavy atom. The summed E-state index contributed by atoms with van der Waals surface area (Å²) in [6.45, 7) is 12.7. The zero-order valence-corrected chi connectivity index (χ0v) is 40.6. The van der Waals surface area contributed by atoms with Crippen LogP contribution >= 0.6 is 0 Å². The van der Waals surface area contributed by atoms with Crippen molar-refractivity contribution in [2.24, 2.45) is 5.92 Å². The van der Waals surface area contributed by atoms with E-state index in [2.05, 4.69) is 54.6 Å². The summed E-state index contributed by atoms with van der Waals surface area (Å²) in [7, 11) is -6.63. The number of likely N-dealkylation sites (tertiary alicyclic amines) is 1. The maximum Gasteiger partial charge on any atom is 0.251 e. The molecular weight excluding hydrogens is 929 g/mol. The Morgan fingerprint density at radius 2 is 1.07 bits per heavy atom. The van der Waals surface area contributed by atoms with Crippen molar-refractivity contribution >= 4 is 31.5 Å². The minimum Gasteiger partial charge on any atom is -0.441 e. The van der Waals surface area contributed by atoms with Gasteiger partial charge in [-0.2, -0.15) is 0 Å². The smallest absolute Gasteiger partial charge is 0.251 e. The summed E-state index contributed by atoms with van der Waals surface area (Å²) >= 11 is 0. The number of piperidine rings is 2. The van der Waals surface area contributed by atoms with Crippen LogP contribution < -0.4 is 16.0 Å². The van der Waals surface area contributed by atoms with Crippen LogP contribution in [0.2, 0.25) is 0 Å². The number of oxazole rings is 2. The molecule has 2 aliphatic heterocycles. The van der Waals surface area contributed by atoms with E-state index in [4.69, 9.17) is 8.83 Å². The molecule has 6 heterocycles. The number of carbonyl (C=O) groups is 2. The Balaban J connectivity index is 0.000000255. The molecule has 0 atom stereocenters. The van der Waals surface area contributed by atoms with Gasteiger partial charge in [0, 0.05) is 66.7 Å². The summed E-state index contributed by atoms with van der Waals surface area (Å²) in [4.78, 5) is 44.2. The third kappa shape index (κ3) is 15.0. The van der Waals surface area contributed by atoms with Crippen LogP contribution in [0.5, 0.6) is 0 Å². The predicted molar refractivity (Wildman–Crippen MR) is 273 cm³/mol. The van der Waals surface area contributed by atoms with Crippen molar-refractivity contribution in [2.75, 3.05) is 32.7 Å². The number of pyridine rings is 2. The second kappa shape index (κ2) is 25.2. The quantitative estimate of drug-likeness (QED) is 0.0839. The molecule has 2 amide bonds. The van der Waals surface area contributed by atoms with Crippen molar-refractivity contribution in [2.45, 2.75) is 103 Å². The topological polar surface area (TPSA) is 220 Å². The lowest BCUT2D eigenvalue weighted by Crippen LogP contribution is -2.41. The number of aryl methyl sites for hydroxylation is 2. The molecule has 2 aromatic carbocycles. The van der Waals surface area contributed by atoms with Gasteiger partial charge in [0.15, 0.2) is 19.7 Å². The fourth-order valence-electron chi connectivity index (χ4n) is 8.21. The van der Waals surface area contributed by atoms with Crippen molar-refractivity contribution in [3.8, 4) is 22.9 Å². The summed E-state index contributed by atoms with van der Waals surface area (Å²) in [5.41, 5.74) is 5.12. The highest BCUT2D eigenvalue weighted by Gasteiger charge is 2.32. The highest BCUT2D eigenvalue weighted by Crippen LogP contribution is 2.28. The van der Waals surface area contributed by atoms with Gasteiger partial charge in [-0.05, 0) is 143 Å². The molecule has 6 aromatic rings. The van der Waals surface area contributed by atoms with Crippen LogP contribution in [-0.4, -0.2) is 96.7 Å². The van der Waals surface area contributed by atoms with E-state index in [1.54, 1.807) is 87.2 Å². The summed E-state index contributed by atoms with van der Waals surface area (Å²) in [5, 5.41) is 8.23. The standard InChI is InChI=1S/C27H34N4O4S.C23H26N4O4S.2CH4/c1-19(2)17-31-13-10-24(11-14-31)36(33,34)18-25-20(3)35-27(30-25)23-8-6-22(7-9-23)26(32)29-16-21-5-4-12-28-15-21;1-16-21(15-32(29,30)20-8-11-24-12-9-20)27-23(31-16)19-6-4-18(5-7-19)22(28)26-14-17-3-2-10-25-13-17;;/h4-9,12,15,19,24H,10-11,13-14,16-18H2,1-3H3,(H,29,32);2-7,10,13,20,24H,8-9,11-12,14-15H2,1H3,(H,26,28);2*1H4. The zero-order valence-electron chi connectivity index (χ0n) is 39.0. The highest BCUT2D eigenvalue weighted by molar-refractivity contribution is 7.91. The van der Waals surface area contributed by atoms with Gasteiger partial charge >= 0.3 is 0 Å². The van der Waals surface area contributed by atoms with Crippen molar-refractivity contribution in [3.05, 3.63) is 143 Å². The second-order valence-electron chi connectivity index (χ2n) is 17.7. The number of nitrogens with one attached hydrogen (secondary N) is 3. The number of aromatic nitrogens is 4. The average Bonchev–Trinajstić information content (AvgIpc) is 3.90. The number of hydrogen-bond donors (Lipinski definition) is 3. The summed E-state index contributed by atoms with van der Waals surface area (Å²) in [6.07, 6.45) is 9.34. The van der Waals surface area contributed by atoms with Crippen LogP contribution in [0.3, 0.4) is 0 Å². The van der Waals surface area contributed by atoms with E-state index in [1.165, 1.54) is 0 Å². The fraction of sp³-hybridized carbons (Fsp3) is 0.423. The summed E-state index contributed by atoms with van der Waals surface area (Å²) < 4.78 is 63.3. The second-order valence-corrected chi connectivity index (χ2v) is 22.3. The number of amides is 2. The average molecular weight is 997 g/mol. The summed E-state index contributed by atoms with van der Waals surface area (Å²) in [6, 6.07) is 21.2. The first kappa shape index (κ1) is 54.9. The third-order valence-electron chi connectivity index (χ3n) is 12.1. The van der Waals surface area contributed by atoms with Gasteiger partial charge in [-0.25, -0.2) is 26.8 Å². The van der Waals surface area contributed by atoms with Gasteiger partial charge in [-0.15, -0.1) is 0 Å². The van der Waals surface area contributed by atoms with Gasteiger partial charge in [0.2, 0.25) is 11.8 Å². The Morgan fingerprint density at radius 3 is 1.46 bits per heavy atom. The Kier molecular flexibility index (Phi) is 19.7. The van der Waals surface area contributed by atoms with Gasteiger partial charge in [0.1, 0.15) is 11.5 Å². The zero-order chi connectivity index (χ0) is 48.3. The number of rotatable bonds is 16. The monoisotopic (exact) mass is 996 g/mol. The fourth-order valence-corrected chi connectivity index (χ4v) is 11.9. The molecule has 2 fully saturated rings. The van der Waals surface area contributed by atoms with Crippen LogP contribution in [-0.2, 0) is 44.3 Å². The molecule has 3 N–H and O–H groups in total. The predicted octanol–water partition coefficient (Wildman–Crippen LogP) is 7.92. The largest absolute Gasteiger partial charge is 0.441 e. The van der Waals surface area contributed by atoms with Gasteiger partial charge < -0.3 is 29.7 Å². The van der Waals surface area contributed by atoms with Crippen molar-refractivity contribution in [3.63, 3.8) is 0 Å². The molecule has 16 nitrogen and oxygen atoms in total. The van der Waals surface area contributed by atoms with Crippen LogP contribution in [0.1, 0.15) is 109 Å². The molecule has 0 spiro atoms. The molecule has 0 aliphatic carbocycles. The third-order valence-corrected chi connectivity index (χ3v) is 16.4. The SMILES string of the molecule is C.C.Cc1oc(-c2ccc(C(=O)NCc3cccnc3)cc2)nc1CS(=O)(=O)C1CCN(CC(C)C)CC1.Cc1oc(-c2ccc(C(=O)NCc3cccnc3)cc2)nc1CS(=O)(=O)C1CCNCC1. The molecule has 376 valence electrons. The first-order chi connectivity index (χ1) is 32.6. The number of hydrogen-bond acceptors (Lipinski definition) is 14. The van der Waals surface area contributed by atoms with E-state index in [-0.39, 0.29) is 48.7 Å². The van der Waals surface area contributed by atoms with Crippen LogP contribution in [0.15, 0.2) is 106 Å². The van der Waals surface area contributed by atoms with Crippen molar-refractivity contribution in [1.82, 2.24) is 40.8 Å². The van der Waals surface area contributed by atoms with E-state index >= 15 is 0 Å². The molecule has 0 saturated carbocycles. The van der Waals surface area contributed by atoms with E-state index in [0.717, 1.165) is 43.9 Å². The number of sulfone groups is 2. The van der Waals surface area contributed by atoms with Crippen LogP contribution in [0, 0.1) is 19.8 Å². The van der Waals surface area contributed by atoms with Gasteiger partial charge in [0.05, 0.1) is 33.4 Å². The minimum atomic E-state index is -3.33. The van der Waals surface area contributed by atoms with E-state index in [9.17, 15) is 26.4 Å². The number of benzene rings is 2. The molecular formula is C52H68N8O8S2. The molecule has 0 radical (unpaired) electrons. The molecule has 0 unspecified atom stereocenters. The van der Waals surface area contributed by atoms with E-state index in [0.29, 0.717) is 102 Å². The van der Waals surface area contributed by atoms with Crippen molar-refractivity contribution < 1.29 is 35.3 Å². The Bertz CT molecular complexity index is 2820. The lowest BCUT2D eigenvalue weighted by Gasteiger charge is -2.32. The van der Waals surface area contributed by atoms with E-state index in [1.807, 2.05) is 24.3 Å². The summed E-state index contributed by atoms with van der Waals surface area (Å²) in [5.74, 6) is 1.64. The van der Waals surface area contributed by atoms with Gasteiger partial charge in [0.25, 0.3) is 11.8 Å². The molecule has 70 heavy (non-hydrogen) atoms. The molecule has 2 aliphatic rings. The highest BCUT2D eigenvalue weighted by atomic mass is 32.2. The van der Waals surface area contributed by atoms with E-state index < -0.39 is 19.7 Å². The maximum absolute atomic E-state index is 13.1. The lowest BCUT2D eigenvalue weighted by atomic mass is 10.1. The first-order valence-corrected chi connectivity index (χ1v) is 26.4. The molecule has 4 aromatic heterocycles. The van der Waals surface area contributed by atoms with Gasteiger partial charge in [-0.1, -0.05) is 40.8 Å². The molecule has 0 bridgehead atoms. The Hall–Kier alpha value is -6.08. The number of carbonyl (C=O) groups excluding carboxylic acids is 2. The molecule has 8 rings (SSSR count).